The maximum absolute atomic E-state index is 3.69. The van der Waals surface area contributed by atoms with E-state index in [1.54, 1.807) is 0 Å². The van der Waals surface area contributed by atoms with Gasteiger partial charge in [-0.15, -0.1) is 11.3 Å². The van der Waals surface area contributed by atoms with E-state index in [2.05, 4.69) is 73.2 Å². The Hall–Kier alpha value is -0.640. The lowest BCUT2D eigenvalue weighted by atomic mass is 9.98. The highest BCUT2D eigenvalue weighted by Crippen LogP contribution is 2.36. The zero-order valence-electron chi connectivity index (χ0n) is 11.9. The molecule has 0 aliphatic rings. The molecule has 0 aliphatic carbocycles. The Morgan fingerprint density at radius 3 is 2.47 bits per heavy atom. The largest absolute Gasteiger partial charge is 0.306 e. The fraction of sp³-hybridized carbons (Fsp3) is 0.375. The predicted octanol–water partition coefficient (Wildman–Crippen LogP) is 5.13. The Balaban J connectivity index is 2.48. The molecule has 0 amide bonds. The Morgan fingerprint density at radius 2 is 1.95 bits per heavy atom. The molecule has 0 fully saturated rings. The molecule has 0 radical (unpaired) electrons. The molecular formula is C16H20BrNS. The van der Waals surface area contributed by atoms with E-state index in [4.69, 9.17) is 0 Å². The first-order valence-corrected chi connectivity index (χ1v) is 8.20. The van der Waals surface area contributed by atoms with Crippen LogP contribution in [-0.2, 0) is 0 Å². The molecule has 102 valence electrons. The van der Waals surface area contributed by atoms with Crippen LogP contribution in [0.15, 0.2) is 28.7 Å². The Kier molecular flexibility index (Phi) is 4.82. The standard InChI is InChI=1S/C16H20BrNS/c1-5-18-15(16-14(17)9-12(4)19-16)13-7-6-10(2)8-11(13)3/h6-9,15,18H,5H2,1-4H3. The summed E-state index contributed by atoms with van der Waals surface area (Å²) in [7, 11) is 0. The second-order valence-electron chi connectivity index (χ2n) is 4.92. The molecule has 0 saturated carbocycles. The number of hydrogen-bond acceptors (Lipinski definition) is 2. The van der Waals surface area contributed by atoms with E-state index in [1.807, 2.05) is 11.3 Å². The predicted molar refractivity (Wildman–Crippen MR) is 88.2 cm³/mol. The molecule has 0 saturated heterocycles. The summed E-state index contributed by atoms with van der Waals surface area (Å²) >= 11 is 5.56. The number of aryl methyl sites for hydroxylation is 3. The molecule has 1 nitrogen and oxygen atoms in total. The van der Waals surface area contributed by atoms with E-state index in [-0.39, 0.29) is 6.04 Å². The van der Waals surface area contributed by atoms with Gasteiger partial charge in [0.25, 0.3) is 0 Å². The highest BCUT2D eigenvalue weighted by Gasteiger charge is 2.19. The molecule has 1 N–H and O–H groups in total. The molecule has 1 atom stereocenters. The molecule has 1 aromatic carbocycles. The summed E-state index contributed by atoms with van der Waals surface area (Å²) in [6, 6.07) is 9.18. The first kappa shape index (κ1) is 14.8. The highest BCUT2D eigenvalue weighted by atomic mass is 79.9. The van der Waals surface area contributed by atoms with Crippen LogP contribution in [-0.4, -0.2) is 6.54 Å². The highest BCUT2D eigenvalue weighted by molar-refractivity contribution is 9.10. The summed E-state index contributed by atoms with van der Waals surface area (Å²) in [5.74, 6) is 0. The van der Waals surface area contributed by atoms with Crippen LogP contribution in [0.5, 0.6) is 0 Å². The average molecular weight is 338 g/mol. The van der Waals surface area contributed by atoms with Crippen molar-refractivity contribution in [1.29, 1.82) is 0 Å². The van der Waals surface area contributed by atoms with E-state index < -0.39 is 0 Å². The molecule has 3 heteroatoms. The molecule has 1 unspecified atom stereocenters. The summed E-state index contributed by atoms with van der Waals surface area (Å²) in [6.45, 7) is 9.61. The van der Waals surface area contributed by atoms with Crippen molar-refractivity contribution in [2.75, 3.05) is 6.54 Å². The van der Waals surface area contributed by atoms with Crippen LogP contribution in [0.1, 0.15) is 39.4 Å². The summed E-state index contributed by atoms with van der Waals surface area (Å²) in [5, 5.41) is 3.61. The molecule has 0 spiro atoms. The molecule has 2 aromatic rings. The number of thiophene rings is 1. The van der Waals surface area contributed by atoms with Crippen molar-refractivity contribution in [3.63, 3.8) is 0 Å². The fourth-order valence-corrected chi connectivity index (χ4v) is 4.37. The SMILES string of the molecule is CCNC(c1ccc(C)cc1C)c1sc(C)cc1Br. The first-order chi connectivity index (χ1) is 9.02. The summed E-state index contributed by atoms with van der Waals surface area (Å²) < 4.78 is 1.21. The Bertz CT molecular complexity index is 574. The fourth-order valence-electron chi connectivity index (χ4n) is 2.40. The van der Waals surface area contributed by atoms with Crippen LogP contribution in [0.2, 0.25) is 0 Å². The minimum Gasteiger partial charge on any atom is -0.306 e. The van der Waals surface area contributed by atoms with E-state index in [0.717, 1.165) is 6.54 Å². The van der Waals surface area contributed by atoms with Gasteiger partial charge in [0.2, 0.25) is 0 Å². The van der Waals surface area contributed by atoms with Crippen molar-refractivity contribution in [1.82, 2.24) is 5.32 Å². The van der Waals surface area contributed by atoms with E-state index >= 15 is 0 Å². The van der Waals surface area contributed by atoms with Gasteiger partial charge in [-0.1, -0.05) is 30.7 Å². The number of benzene rings is 1. The summed E-state index contributed by atoms with van der Waals surface area (Å²) in [4.78, 5) is 2.71. The van der Waals surface area contributed by atoms with Gasteiger partial charge < -0.3 is 5.32 Å². The number of nitrogens with one attached hydrogen (secondary N) is 1. The molecule has 19 heavy (non-hydrogen) atoms. The third kappa shape index (κ3) is 3.28. The van der Waals surface area contributed by atoms with Crippen LogP contribution < -0.4 is 5.32 Å². The molecule has 2 rings (SSSR count). The van der Waals surface area contributed by atoms with Crippen LogP contribution in [0.3, 0.4) is 0 Å². The van der Waals surface area contributed by atoms with Crippen molar-refractivity contribution in [2.24, 2.45) is 0 Å². The monoisotopic (exact) mass is 337 g/mol. The minimum atomic E-state index is 0.277. The second kappa shape index (κ2) is 6.21. The summed E-state index contributed by atoms with van der Waals surface area (Å²) in [5.41, 5.74) is 4.04. The van der Waals surface area contributed by atoms with Crippen LogP contribution in [0, 0.1) is 20.8 Å². The molecule has 1 aromatic heterocycles. The molecular weight excluding hydrogens is 318 g/mol. The maximum Gasteiger partial charge on any atom is 0.0685 e. The number of halogens is 1. The molecule has 1 heterocycles. The van der Waals surface area contributed by atoms with E-state index in [9.17, 15) is 0 Å². The van der Waals surface area contributed by atoms with Crippen molar-refractivity contribution >= 4 is 27.3 Å². The zero-order valence-corrected chi connectivity index (χ0v) is 14.3. The quantitative estimate of drug-likeness (QED) is 0.814. The van der Waals surface area contributed by atoms with Crippen LogP contribution >= 0.6 is 27.3 Å². The molecule has 0 bridgehead atoms. The topological polar surface area (TPSA) is 12.0 Å². The van der Waals surface area contributed by atoms with Crippen molar-refractivity contribution in [3.05, 3.63) is 55.2 Å². The average Bonchev–Trinajstić information content (AvgIpc) is 2.66. The summed E-state index contributed by atoms with van der Waals surface area (Å²) in [6.07, 6.45) is 0. The van der Waals surface area contributed by atoms with Gasteiger partial charge in [-0.2, -0.15) is 0 Å². The Labute approximate surface area is 128 Å². The van der Waals surface area contributed by atoms with Crippen molar-refractivity contribution in [2.45, 2.75) is 33.7 Å². The van der Waals surface area contributed by atoms with Gasteiger partial charge in [-0.25, -0.2) is 0 Å². The van der Waals surface area contributed by atoms with Gasteiger partial charge in [-0.3, -0.25) is 0 Å². The van der Waals surface area contributed by atoms with Gasteiger partial charge in [0, 0.05) is 14.2 Å². The lowest BCUT2D eigenvalue weighted by Crippen LogP contribution is -2.22. The smallest absolute Gasteiger partial charge is 0.0685 e. The van der Waals surface area contributed by atoms with Crippen LogP contribution in [0.25, 0.3) is 0 Å². The third-order valence-electron chi connectivity index (χ3n) is 3.24. The van der Waals surface area contributed by atoms with Gasteiger partial charge in [-0.05, 0) is 60.4 Å². The normalized spacial score (nSPS) is 12.7. The minimum absolute atomic E-state index is 0.277. The van der Waals surface area contributed by atoms with Gasteiger partial charge in [0.05, 0.1) is 6.04 Å². The van der Waals surface area contributed by atoms with Gasteiger partial charge in [0.15, 0.2) is 0 Å². The lowest BCUT2D eigenvalue weighted by molar-refractivity contribution is 0.635. The lowest BCUT2D eigenvalue weighted by Gasteiger charge is -2.20. The third-order valence-corrected chi connectivity index (χ3v) is 5.28. The maximum atomic E-state index is 3.69. The van der Waals surface area contributed by atoms with E-state index in [1.165, 1.54) is 30.9 Å². The number of rotatable bonds is 4. The van der Waals surface area contributed by atoms with E-state index in [0.29, 0.717) is 0 Å². The molecule has 0 aliphatic heterocycles. The Morgan fingerprint density at radius 1 is 1.21 bits per heavy atom. The number of hydrogen-bond donors (Lipinski definition) is 1. The second-order valence-corrected chi connectivity index (χ2v) is 7.06. The van der Waals surface area contributed by atoms with Crippen molar-refractivity contribution in [3.8, 4) is 0 Å². The first-order valence-electron chi connectivity index (χ1n) is 6.59. The van der Waals surface area contributed by atoms with Crippen molar-refractivity contribution < 1.29 is 0 Å². The zero-order chi connectivity index (χ0) is 14.0. The van der Waals surface area contributed by atoms with Gasteiger partial charge in [0.1, 0.15) is 0 Å². The van der Waals surface area contributed by atoms with Gasteiger partial charge >= 0.3 is 0 Å². The van der Waals surface area contributed by atoms with Crippen LogP contribution in [0.4, 0.5) is 0 Å².